The predicted molar refractivity (Wildman–Crippen MR) is 89.0 cm³/mol. The molecule has 2 aromatic rings. The Labute approximate surface area is 136 Å². The zero-order valence-corrected chi connectivity index (χ0v) is 13.4. The van der Waals surface area contributed by atoms with Crippen molar-refractivity contribution in [2.75, 3.05) is 19.6 Å². The molecule has 1 aliphatic heterocycles. The predicted octanol–water partition coefficient (Wildman–Crippen LogP) is 1.90. The first-order valence-electron chi connectivity index (χ1n) is 8.04. The SMILES string of the molecule is C[C@@H](CNC(=O)c1cncnc1)CN1CCc2ccccc2C1. The monoisotopic (exact) mass is 310 g/mol. The van der Waals surface area contributed by atoms with E-state index < -0.39 is 0 Å². The second-order valence-electron chi connectivity index (χ2n) is 6.20. The van der Waals surface area contributed by atoms with Gasteiger partial charge in [0.15, 0.2) is 0 Å². The van der Waals surface area contributed by atoms with Gasteiger partial charge in [-0.15, -0.1) is 0 Å². The summed E-state index contributed by atoms with van der Waals surface area (Å²) in [6.45, 7) is 5.90. The Hall–Kier alpha value is -2.27. The van der Waals surface area contributed by atoms with Gasteiger partial charge in [0.05, 0.1) is 5.56 Å². The Morgan fingerprint density at radius 1 is 1.26 bits per heavy atom. The normalized spacial score (nSPS) is 15.7. The van der Waals surface area contributed by atoms with E-state index in [-0.39, 0.29) is 5.91 Å². The van der Waals surface area contributed by atoms with Crippen LogP contribution in [0.3, 0.4) is 0 Å². The molecule has 0 fully saturated rings. The van der Waals surface area contributed by atoms with Crippen molar-refractivity contribution < 1.29 is 4.79 Å². The summed E-state index contributed by atoms with van der Waals surface area (Å²) in [4.78, 5) is 22.2. The van der Waals surface area contributed by atoms with Crippen molar-refractivity contribution in [1.29, 1.82) is 0 Å². The minimum atomic E-state index is -0.110. The van der Waals surface area contributed by atoms with E-state index >= 15 is 0 Å². The number of hydrogen-bond donors (Lipinski definition) is 1. The van der Waals surface area contributed by atoms with Crippen LogP contribution in [-0.2, 0) is 13.0 Å². The van der Waals surface area contributed by atoms with E-state index in [9.17, 15) is 4.79 Å². The molecule has 1 atom stereocenters. The van der Waals surface area contributed by atoms with E-state index in [4.69, 9.17) is 0 Å². The fourth-order valence-corrected chi connectivity index (χ4v) is 3.00. The summed E-state index contributed by atoms with van der Waals surface area (Å²) in [7, 11) is 0. The fraction of sp³-hybridized carbons (Fsp3) is 0.389. The second kappa shape index (κ2) is 7.33. The number of fused-ring (bicyclic) bond motifs is 1. The molecular weight excluding hydrogens is 288 g/mol. The minimum absolute atomic E-state index is 0.110. The van der Waals surface area contributed by atoms with Crippen LogP contribution in [0.4, 0.5) is 0 Å². The highest BCUT2D eigenvalue weighted by molar-refractivity contribution is 5.93. The highest BCUT2D eigenvalue weighted by Crippen LogP contribution is 2.19. The highest BCUT2D eigenvalue weighted by Gasteiger charge is 2.18. The summed E-state index contributed by atoms with van der Waals surface area (Å²) < 4.78 is 0. The molecule has 1 aromatic heterocycles. The Morgan fingerprint density at radius 2 is 2.00 bits per heavy atom. The first-order valence-corrected chi connectivity index (χ1v) is 8.04. The highest BCUT2D eigenvalue weighted by atomic mass is 16.1. The zero-order chi connectivity index (χ0) is 16.1. The largest absolute Gasteiger partial charge is 0.352 e. The summed E-state index contributed by atoms with van der Waals surface area (Å²) in [5.74, 6) is 0.287. The van der Waals surface area contributed by atoms with Crippen molar-refractivity contribution in [2.45, 2.75) is 19.9 Å². The maximum absolute atomic E-state index is 12.0. The van der Waals surface area contributed by atoms with Crippen LogP contribution in [0, 0.1) is 5.92 Å². The van der Waals surface area contributed by atoms with E-state index in [1.165, 1.54) is 29.8 Å². The van der Waals surface area contributed by atoms with Crippen molar-refractivity contribution in [2.24, 2.45) is 5.92 Å². The van der Waals surface area contributed by atoms with Crippen LogP contribution in [0.15, 0.2) is 43.0 Å². The quantitative estimate of drug-likeness (QED) is 0.916. The molecule has 2 heterocycles. The molecule has 5 nitrogen and oxygen atoms in total. The topological polar surface area (TPSA) is 58.1 Å². The number of rotatable bonds is 5. The molecule has 0 saturated carbocycles. The van der Waals surface area contributed by atoms with Crippen molar-refractivity contribution in [3.05, 3.63) is 59.7 Å². The Balaban J connectivity index is 1.47. The Bertz CT molecular complexity index is 659. The zero-order valence-electron chi connectivity index (χ0n) is 13.4. The van der Waals surface area contributed by atoms with Crippen LogP contribution in [0.25, 0.3) is 0 Å². The number of nitrogens with one attached hydrogen (secondary N) is 1. The lowest BCUT2D eigenvalue weighted by Crippen LogP contribution is -2.38. The number of benzene rings is 1. The van der Waals surface area contributed by atoms with E-state index in [2.05, 4.69) is 51.4 Å². The molecule has 1 N–H and O–H groups in total. The van der Waals surface area contributed by atoms with Crippen molar-refractivity contribution in [3.63, 3.8) is 0 Å². The number of carbonyl (C=O) groups excluding carboxylic acids is 1. The van der Waals surface area contributed by atoms with Gasteiger partial charge < -0.3 is 5.32 Å². The maximum Gasteiger partial charge on any atom is 0.254 e. The molecule has 0 saturated heterocycles. The summed E-state index contributed by atoms with van der Waals surface area (Å²) in [5, 5.41) is 2.96. The molecule has 120 valence electrons. The smallest absolute Gasteiger partial charge is 0.254 e. The number of carbonyl (C=O) groups is 1. The molecule has 0 unspecified atom stereocenters. The molecule has 0 aliphatic carbocycles. The van der Waals surface area contributed by atoms with Crippen LogP contribution in [0.1, 0.15) is 28.4 Å². The van der Waals surface area contributed by atoms with Gasteiger partial charge in [-0.05, 0) is 23.5 Å². The first kappa shape index (κ1) is 15.6. The summed E-state index contributed by atoms with van der Waals surface area (Å²) in [6, 6.07) is 8.65. The Kier molecular flexibility index (Phi) is 4.98. The van der Waals surface area contributed by atoms with Gasteiger partial charge >= 0.3 is 0 Å². The van der Waals surface area contributed by atoms with Crippen molar-refractivity contribution in [3.8, 4) is 0 Å². The molecule has 3 rings (SSSR count). The third kappa shape index (κ3) is 4.13. The number of amides is 1. The lowest BCUT2D eigenvalue weighted by atomic mass is 9.99. The third-order valence-electron chi connectivity index (χ3n) is 4.21. The van der Waals surface area contributed by atoms with Crippen molar-refractivity contribution >= 4 is 5.91 Å². The molecule has 5 heteroatoms. The molecule has 0 radical (unpaired) electrons. The number of nitrogens with zero attached hydrogens (tertiary/aromatic N) is 3. The van der Waals surface area contributed by atoms with Crippen LogP contribution in [0.2, 0.25) is 0 Å². The molecule has 0 bridgehead atoms. The standard InChI is InChI=1S/C18H22N4O/c1-14(8-21-18(23)17-9-19-13-20-10-17)11-22-7-6-15-4-2-3-5-16(15)12-22/h2-5,9-10,13-14H,6-8,11-12H2,1H3,(H,21,23)/t14-/m0/s1. The lowest BCUT2D eigenvalue weighted by Gasteiger charge is -2.30. The van der Waals surface area contributed by atoms with E-state index in [0.717, 1.165) is 26.1 Å². The van der Waals surface area contributed by atoms with Gasteiger partial charge in [-0.1, -0.05) is 31.2 Å². The third-order valence-corrected chi connectivity index (χ3v) is 4.21. The first-order chi connectivity index (χ1) is 11.2. The van der Waals surface area contributed by atoms with E-state index in [1.807, 2.05) is 0 Å². The number of hydrogen-bond acceptors (Lipinski definition) is 4. The molecule has 1 amide bonds. The van der Waals surface area contributed by atoms with Gasteiger partial charge in [-0.3, -0.25) is 9.69 Å². The van der Waals surface area contributed by atoms with Crippen LogP contribution in [-0.4, -0.2) is 40.4 Å². The number of aromatic nitrogens is 2. The summed E-state index contributed by atoms with van der Waals surface area (Å²) >= 11 is 0. The summed E-state index contributed by atoms with van der Waals surface area (Å²) in [5.41, 5.74) is 3.40. The Morgan fingerprint density at radius 3 is 2.78 bits per heavy atom. The average Bonchev–Trinajstić information content (AvgIpc) is 2.60. The molecular formula is C18H22N4O. The van der Waals surface area contributed by atoms with Gasteiger partial charge in [0.25, 0.3) is 5.91 Å². The fourth-order valence-electron chi connectivity index (χ4n) is 3.00. The van der Waals surface area contributed by atoms with Gasteiger partial charge in [0.2, 0.25) is 0 Å². The van der Waals surface area contributed by atoms with Gasteiger partial charge in [-0.25, -0.2) is 9.97 Å². The average molecular weight is 310 g/mol. The lowest BCUT2D eigenvalue weighted by molar-refractivity contribution is 0.0942. The molecule has 1 aliphatic rings. The van der Waals surface area contributed by atoms with Gasteiger partial charge in [0, 0.05) is 38.6 Å². The van der Waals surface area contributed by atoms with Crippen LogP contribution in [0.5, 0.6) is 0 Å². The van der Waals surface area contributed by atoms with Gasteiger partial charge in [0.1, 0.15) is 6.33 Å². The van der Waals surface area contributed by atoms with Crippen molar-refractivity contribution in [1.82, 2.24) is 20.2 Å². The summed E-state index contributed by atoms with van der Waals surface area (Å²) in [6.07, 6.45) is 5.60. The molecule has 23 heavy (non-hydrogen) atoms. The molecule has 0 spiro atoms. The van der Waals surface area contributed by atoms with E-state index in [0.29, 0.717) is 18.0 Å². The van der Waals surface area contributed by atoms with E-state index in [1.54, 1.807) is 0 Å². The van der Waals surface area contributed by atoms with Crippen LogP contribution < -0.4 is 5.32 Å². The molecule has 1 aromatic carbocycles. The maximum atomic E-state index is 12.0. The van der Waals surface area contributed by atoms with Crippen LogP contribution >= 0.6 is 0 Å². The second-order valence-corrected chi connectivity index (χ2v) is 6.20. The van der Waals surface area contributed by atoms with Gasteiger partial charge in [-0.2, -0.15) is 0 Å². The minimum Gasteiger partial charge on any atom is -0.352 e.